The van der Waals surface area contributed by atoms with E-state index in [1.54, 1.807) is 42.5 Å². The van der Waals surface area contributed by atoms with Gasteiger partial charge in [0, 0.05) is 22.0 Å². The number of phenolic OH excluding ortho intramolecular Hbond substituents is 1. The summed E-state index contributed by atoms with van der Waals surface area (Å²) in [6.45, 7) is -0.244. The fraction of sp³-hybridized carbons (Fsp3) is 0.130. The Hall–Kier alpha value is -3.20. The molecule has 0 bridgehead atoms. The van der Waals surface area contributed by atoms with Crippen molar-refractivity contribution < 1.29 is 19.4 Å². The van der Waals surface area contributed by atoms with Gasteiger partial charge in [-0.25, -0.2) is 4.79 Å². The molecule has 152 valence electrons. The van der Waals surface area contributed by atoms with Crippen LogP contribution in [0.3, 0.4) is 0 Å². The number of esters is 1. The number of hydrogen-bond donors (Lipinski definition) is 1. The smallest absolute Gasteiger partial charge is 0.343 e. The standard InChI is InChI=1S/C23H17Cl2NO4/c1-29-23(28)13-30-17-10-20(24)19(21(25)11-17)9-14-5-6-22(27)18(8-14)16-4-2-3-15(7-16)12-26/h2-8,10-11,27H,9,13H2,1H3. The first-order valence-corrected chi connectivity index (χ1v) is 9.67. The van der Waals surface area contributed by atoms with Crippen molar-refractivity contribution in [1.82, 2.24) is 0 Å². The summed E-state index contributed by atoms with van der Waals surface area (Å²) in [7, 11) is 1.28. The van der Waals surface area contributed by atoms with E-state index in [1.807, 2.05) is 12.1 Å². The van der Waals surface area contributed by atoms with Crippen molar-refractivity contribution in [1.29, 1.82) is 5.26 Å². The monoisotopic (exact) mass is 441 g/mol. The summed E-state index contributed by atoms with van der Waals surface area (Å²) in [6.07, 6.45) is 0.417. The van der Waals surface area contributed by atoms with Gasteiger partial charge in [-0.2, -0.15) is 5.26 Å². The van der Waals surface area contributed by atoms with Crippen LogP contribution in [0.4, 0.5) is 0 Å². The van der Waals surface area contributed by atoms with Gasteiger partial charge in [-0.3, -0.25) is 0 Å². The molecule has 7 heteroatoms. The number of methoxy groups -OCH3 is 1. The number of phenols is 1. The number of halogens is 2. The number of carbonyl (C=O) groups is 1. The van der Waals surface area contributed by atoms with E-state index in [4.69, 9.17) is 33.2 Å². The lowest BCUT2D eigenvalue weighted by Gasteiger charge is -2.13. The zero-order chi connectivity index (χ0) is 21.7. The number of rotatable bonds is 6. The summed E-state index contributed by atoms with van der Waals surface area (Å²) in [5, 5.41) is 20.2. The van der Waals surface area contributed by atoms with Crippen LogP contribution in [0, 0.1) is 11.3 Å². The van der Waals surface area contributed by atoms with Crippen LogP contribution >= 0.6 is 23.2 Å². The van der Waals surface area contributed by atoms with E-state index in [-0.39, 0.29) is 12.4 Å². The highest BCUT2D eigenvalue weighted by molar-refractivity contribution is 6.36. The average Bonchev–Trinajstić information content (AvgIpc) is 2.75. The molecule has 0 saturated carbocycles. The zero-order valence-electron chi connectivity index (χ0n) is 16.0. The summed E-state index contributed by atoms with van der Waals surface area (Å²) in [5.74, 6) is -0.0418. The van der Waals surface area contributed by atoms with Gasteiger partial charge in [-0.1, -0.05) is 41.4 Å². The summed E-state index contributed by atoms with van der Waals surface area (Å²) in [5.41, 5.74) is 3.40. The molecule has 0 aliphatic heterocycles. The summed E-state index contributed by atoms with van der Waals surface area (Å²) >= 11 is 12.8. The Labute approximate surface area is 184 Å². The molecule has 0 aromatic heterocycles. The third-order valence-electron chi connectivity index (χ3n) is 4.44. The van der Waals surface area contributed by atoms with Gasteiger partial charge in [-0.05, 0) is 53.1 Å². The zero-order valence-corrected chi connectivity index (χ0v) is 17.5. The normalized spacial score (nSPS) is 10.3. The van der Waals surface area contributed by atoms with Crippen LogP contribution in [-0.2, 0) is 16.0 Å². The molecule has 3 aromatic carbocycles. The van der Waals surface area contributed by atoms with Crippen LogP contribution in [0.2, 0.25) is 10.0 Å². The second-order valence-electron chi connectivity index (χ2n) is 6.45. The molecule has 0 aliphatic carbocycles. The van der Waals surface area contributed by atoms with E-state index in [9.17, 15) is 9.90 Å². The summed E-state index contributed by atoms with van der Waals surface area (Å²) < 4.78 is 9.88. The maximum Gasteiger partial charge on any atom is 0.343 e. The molecule has 0 heterocycles. The molecule has 5 nitrogen and oxygen atoms in total. The SMILES string of the molecule is COC(=O)COc1cc(Cl)c(Cc2ccc(O)c(-c3cccc(C#N)c3)c2)c(Cl)c1. The van der Waals surface area contributed by atoms with Crippen LogP contribution in [0.5, 0.6) is 11.5 Å². The molecule has 0 spiro atoms. The lowest BCUT2D eigenvalue weighted by molar-refractivity contribution is -0.142. The Morgan fingerprint density at radius 2 is 1.83 bits per heavy atom. The maximum atomic E-state index is 11.2. The van der Waals surface area contributed by atoms with Gasteiger partial charge in [0.1, 0.15) is 11.5 Å². The molecule has 1 N–H and O–H groups in total. The number of aromatic hydroxyl groups is 1. The fourth-order valence-electron chi connectivity index (χ4n) is 2.92. The van der Waals surface area contributed by atoms with Gasteiger partial charge < -0.3 is 14.6 Å². The van der Waals surface area contributed by atoms with Gasteiger partial charge in [0.2, 0.25) is 0 Å². The first-order valence-electron chi connectivity index (χ1n) is 8.91. The number of hydrogen-bond acceptors (Lipinski definition) is 5. The predicted molar refractivity (Wildman–Crippen MR) is 115 cm³/mol. The Kier molecular flexibility index (Phi) is 6.83. The molecule has 0 aliphatic rings. The summed E-state index contributed by atoms with van der Waals surface area (Å²) in [4.78, 5) is 11.2. The van der Waals surface area contributed by atoms with E-state index in [0.29, 0.717) is 38.9 Å². The molecular formula is C23H17Cl2NO4. The molecule has 0 atom stereocenters. The van der Waals surface area contributed by atoms with Crippen molar-refractivity contribution in [2.75, 3.05) is 13.7 Å². The van der Waals surface area contributed by atoms with E-state index >= 15 is 0 Å². The first kappa shape index (κ1) is 21.5. The number of benzene rings is 3. The number of nitriles is 1. The van der Waals surface area contributed by atoms with Crippen molar-refractivity contribution in [3.63, 3.8) is 0 Å². The van der Waals surface area contributed by atoms with Gasteiger partial charge in [-0.15, -0.1) is 0 Å². The largest absolute Gasteiger partial charge is 0.507 e. The quantitative estimate of drug-likeness (QED) is 0.519. The Morgan fingerprint density at radius 3 is 2.50 bits per heavy atom. The van der Waals surface area contributed by atoms with E-state index in [0.717, 1.165) is 11.1 Å². The predicted octanol–water partition coefficient (Wildman–Crippen LogP) is 5.38. The lowest BCUT2D eigenvalue weighted by atomic mass is 9.97. The minimum absolute atomic E-state index is 0.109. The van der Waals surface area contributed by atoms with Crippen molar-refractivity contribution >= 4 is 29.2 Å². The number of carbonyl (C=O) groups excluding carboxylic acids is 1. The average molecular weight is 442 g/mol. The minimum Gasteiger partial charge on any atom is -0.507 e. The molecule has 0 unspecified atom stereocenters. The number of nitrogens with zero attached hydrogens (tertiary/aromatic N) is 1. The Bertz CT molecular complexity index is 1120. The molecule has 0 saturated heterocycles. The van der Waals surface area contributed by atoms with Crippen LogP contribution in [-0.4, -0.2) is 24.8 Å². The highest BCUT2D eigenvalue weighted by Crippen LogP contribution is 2.35. The number of ether oxygens (including phenoxy) is 2. The topological polar surface area (TPSA) is 79.6 Å². The van der Waals surface area contributed by atoms with E-state index in [1.165, 1.54) is 7.11 Å². The van der Waals surface area contributed by atoms with Gasteiger partial charge in [0.15, 0.2) is 6.61 Å². The summed E-state index contributed by atoms with van der Waals surface area (Å²) in [6, 6.07) is 17.5. The second-order valence-corrected chi connectivity index (χ2v) is 7.27. The molecular weight excluding hydrogens is 425 g/mol. The second kappa shape index (κ2) is 9.53. The highest BCUT2D eigenvalue weighted by atomic mass is 35.5. The van der Waals surface area contributed by atoms with Crippen molar-refractivity contribution in [2.45, 2.75) is 6.42 Å². The van der Waals surface area contributed by atoms with Gasteiger partial charge in [0.25, 0.3) is 0 Å². The van der Waals surface area contributed by atoms with Crippen LogP contribution < -0.4 is 4.74 Å². The molecule has 0 fully saturated rings. The lowest BCUT2D eigenvalue weighted by Crippen LogP contribution is -2.12. The highest BCUT2D eigenvalue weighted by Gasteiger charge is 2.13. The molecule has 0 radical (unpaired) electrons. The van der Waals surface area contributed by atoms with Crippen molar-refractivity contribution in [2.24, 2.45) is 0 Å². The Morgan fingerprint density at radius 1 is 1.10 bits per heavy atom. The third kappa shape index (κ3) is 5.04. The van der Waals surface area contributed by atoms with E-state index < -0.39 is 5.97 Å². The Balaban J connectivity index is 1.88. The van der Waals surface area contributed by atoms with Crippen molar-refractivity contribution in [3.05, 3.63) is 81.3 Å². The molecule has 3 aromatic rings. The minimum atomic E-state index is -0.511. The van der Waals surface area contributed by atoms with Gasteiger partial charge in [0.05, 0.1) is 18.7 Å². The molecule has 0 amide bonds. The van der Waals surface area contributed by atoms with Crippen molar-refractivity contribution in [3.8, 4) is 28.7 Å². The van der Waals surface area contributed by atoms with Crippen LogP contribution in [0.25, 0.3) is 11.1 Å². The third-order valence-corrected chi connectivity index (χ3v) is 5.12. The van der Waals surface area contributed by atoms with Crippen LogP contribution in [0.1, 0.15) is 16.7 Å². The van der Waals surface area contributed by atoms with E-state index in [2.05, 4.69) is 10.8 Å². The van der Waals surface area contributed by atoms with Gasteiger partial charge >= 0.3 is 5.97 Å². The molecule has 30 heavy (non-hydrogen) atoms. The van der Waals surface area contributed by atoms with Crippen LogP contribution in [0.15, 0.2) is 54.6 Å². The fourth-order valence-corrected chi connectivity index (χ4v) is 3.52. The maximum absolute atomic E-state index is 11.2. The molecule has 3 rings (SSSR count). The first-order chi connectivity index (χ1) is 14.4.